The Morgan fingerprint density at radius 1 is 1.41 bits per heavy atom. The summed E-state index contributed by atoms with van der Waals surface area (Å²) < 4.78 is 11.0. The molecule has 17 heavy (non-hydrogen) atoms. The Bertz CT molecular complexity index is 365. The van der Waals surface area contributed by atoms with Crippen LogP contribution >= 0.6 is 0 Å². The molecule has 0 bridgehead atoms. The van der Waals surface area contributed by atoms with Crippen LogP contribution in [0.25, 0.3) is 0 Å². The topological polar surface area (TPSA) is 56.3 Å². The quantitative estimate of drug-likeness (QED) is 0.862. The molecule has 0 aromatic carbocycles. The van der Waals surface area contributed by atoms with Gasteiger partial charge in [0.2, 0.25) is 11.8 Å². The minimum atomic E-state index is 0.581. The van der Waals surface area contributed by atoms with Crippen LogP contribution in [0, 0.1) is 12.8 Å². The molecule has 1 aliphatic rings. The van der Waals surface area contributed by atoms with Gasteiger partial charge in [-0.2, -0.15) is 4.98 Å². The smallest absolute Gasteiger partial charge is 0.225 e. The molecule has 0 aliphatic carbocycles. The maximum atomic E-state index is 5.72. The number of aryl methyl sites for hydroxylation is 1. The molecule has 5 nitrogen and oxygen atoms in total. The van der Waals surface area contributed by atoms with E-state index < -0.39 is 0 Å². The number of nitrogens with one attached hydrogen (secondary N) is 1. The van der Waals surface area contributed by atoms with E-state index in [9.17, 15) is 0 Å². The number of anilines is 1. The van der Waals surface area contributed by atoms with Crippen LogP contribution in [0.1, 0.15) is 18.5 Å². The van der Waals surface area contributed by atoms with Gasteiger partial charge in [-0.3, -0.25) is 0 Å². The zero-order chi connectivity index (χ0) is 12.1. The fourth-order valence-electron chi connectivity index (χ4n) is 1.84. The maximum Gasteiger partial charge on any atom is 0.225 e. The zero-order valence-electron chi connectivity index (χ0n) is 10.4. The van der Waals surface area contributed by atoms with Crippen LogP contribution in [0.2, 0.25) is 0 Å². The fraction of sp³-hybridized carbons (Fsp3) is 0.667. The number of aromatic nitrogens is 2. The Hall–Kier alpha value is -1.36. The third-order valence-electron chi connectivity index (χ3n) is 2.86. The molecule has 1 fully saturated rings. The van der Waals surface area contributed by atoms with Crippen LogP contribution in [0.15, 0.2) is 6.07 Å². The first-order valence-electron chi connectivity index (χ1n) is 6.02. The van der Waals surface area contributed by atoms with E-state index in [0.717, 1.165) is 31.7 Å². The van der Waals surface area contributed by atoms with E-state index >= 15 is 0 Å². The summed E-state index contributed by atoms with van der Waals surface area (Å²) in [5.41, 5.74) is 0.909. The van der Waals surface area contributed by atoms with Crippen LogP contribution in [0.4, 0.5) is 5.95 Å². The second-order valence-corrected chi connectivity index (χ2v) is 4.29. The monoisotopic (exact) mass is 237 g/mol. The van der Waals surface area contributed by atoms with Gasteiger partial charge in [0.15, 0.2) is 0 Å². The highest BCUT2D eigenvalue weighted by Gasteiger charge is 2.14. The van der Waals surface area contributed by atoms with Crippen molar-refractivity contribution in [2.24, 2.45) is 5.92 Å². The van der Waals surface area contributed by atoms with Crippen LogP contribution in [0.3, 0.4) is 0 Å². The predicted molar refractivity (Wildman–Crippen MR) is 65.4 cm³/mol. The molecule has 0 atom stereocenters. The van der Waals surface area contributed by atoms with Gasteiger partial charge in [0, 0.05) is 32.0 Å². The maximum absolute atomic E-state index is 5.72. The summed E-state index contributed by atoms with van der Waals surface area (Å²) >= 11 is 0. The van der Waals surface area contributed by atoms with Crippen LogP contribution in [-0.2, 0) is 4.74 Å². The lowest BCUT2D eigenvalue weighted by Gasteiger charge is -2.21. The van der Waals surface area contributed by atoms with Crippen molar-refractivity contribution >= 4 is 5.95 Å². The van der Waals surface area contributed by atoms with Crippen molar-refractivity contribution in [1.82, 2.24) is 9.97 Å². The number of ether oxygens (including phenoxy) is 2. The van der Waals surface area contributed by atoms with Crippen molar-refractivity contribution in [3.05, 3.63) is 11.8 Å². The van der Waals surface area contributed by atoms with Gasteiger partial charge in [0.1, 0.15) is 0 Å². The van der Waals surface area contributed by atoms with Gasteiger partial charge in [-0.25, -0.2) is 4.98 Å². The molecular weight excluding hydrogens is 218 g/mol. The van der Waals surface area contributed by atoms with E-state index in [1.54, 1.807) is 7.05 Å². The number of rotatable bonds is 4. The minimum absolute atomic E-state index is 0.581. The third-order valence-corrected chi connectivity index (χ3v) is 2.86. The normalized spacial score (nSPS) is 16.8. The lowest BCUT2D eigenvalue weighted by molar-refractivity contribution is 0.0490. The van der Waals surface area contributed by atoms with Gasteiger partial charge in [0.05, 0.1) is 6.61 Å². The number of hydrogen-bond acceptors (Lipinski definition) is 5. The molecule has 0 unspecified atom stereocenters. The van der Waals surface area contributed by atoms with Crippen molar-refractivity contribution in [2.45, 2.75) is 19.8 Å². The first kappa shape index (κ1) is 12.1. The highest BCUT2D eigenvalue weighted by Crippen LogP contribution is 2.17. The summed E-state index contributed by atoms with van der Waals surface area (Å²) in [6.07, 6.45) is 2.14. The first-order chi connectivity index (χ1) is 8.28. The highest BCUT2D eigenvalue weighted by molar-refractivity contribution is 5.29. The highest BCUT2D eigenvalue weighted by atomic mass is 16.5. The van der Waals surface area contributed by atoms with Crippen LogP contribution in [-0.4, -0.2) is 36.8 Å². The summed E-state index contributed by atoms with van der Waals surface area (Å²) in [5, 5.41) is 2.92. The van der Waals surface area contributed by atoms with Gasteiger partial charge in [-0.05, 0) is 25.7 Å². The molecule has 1 N–H and O–H groups in total. The molecule has 2 heterocycles. The summed E-state index contributed by atoms with van der Waals surface area (Å²) in [6, 6.07) is 1.86. The molecule has 5 heteroatoms. The molecule has 1 saturated heterocycles. The third kappa shape index (κ3) is 3.56. The lowest BCUT2D eigenvalue weighted by Crippen LogP contribution is -2.21. The van der Waals surface area contributed by atoms with Crippen molar-refractivity contribution < 1.29 is 9.47 Å². The van der Waals surface area contributed by atoms with E-state index in [1.165, 1.54) is 0 Å². The first-order valence-corrected chi connectivity index (χ1v) is 6.02. The van der Waals surface area contributed by atoms with E-state index in [0.29, 0.717) is 24.4 Å². The molecule has 0 radical (unpaired) electrons. The number of nitrogens with zero attached hydrogens (tertiary/aromatic N) is 2. The summed E-state index contributed by atoms with van der Waals surface area (Å²) in [5.74, 6) is 1.83. The number of hydrogen-bond donors (Lipinski definition) is 1. The van der Waals surface area contributed by atoms with Crippen molar-refractivity contribution in [1.29, 1.82) is 0 Å². The summed E-state index contributed by atoms with van der Waals surface area (Å²) in [7, 11) is 1.80. The molecule has 94 valence electrons. The van der Waals surface area contributed by atoms with Gasteiger partial charge in [-0.15, -0.1) is 0 Å². The molecule has 0 saturated carbocycles. The van der Waals surface area contributed by atoms with Crippen molar-refractivity contribution in [2.75, 3.05) is 32.2 Å². The lowest BCUT2D eigenvalue weighted by atomic mass is 10.0. The molecule has 1 aliphatic heterocycles. The van der Waals surface area contributed by atoms with Gasteiger partial charge >= 0.3 is 0 Å². The molecule has 1 aromatic heterocycles. The van der Waals surface area contributed by atoms with E-state index in [2.05, 4.69) is 15.3 Å². The Labute approximate surface area is 102 Å². The average molecular weight is 237 g/mol. The largest absolute Gasteiger partial charge is 0.477 e. The van der Waals surface area contributed by atoms with Crippen LogP contribution in [0.5, 0.6) is 5.88 Å². The van der Waals surface area contributed by atoms with Crippen molar-refractivity contribution in [3.8, 4) is 5.88 Å². The average Bonchev–Trinajstić information content (AvgIpc) is 2.37. The van der Waals surface area contributed by atoms with E-state index in [4.69, 9.17) is 9.47 Å². The Kier molecular flexibility index (Phi) is 4.14. The van der Waals surface area contributed by atoms with Crippen LogP contribution < -0.4 is 10.1 Å². The summed E-state index contributed by atoms with van der Waals surface area (Å²) in [4.78, 5) is 8.49. The SMILES string of the molecule is CNc1nc(C)cc(OCC2CCOCC2)n1. The van der Waals surface area contributed by atoms with Gasteiger partial charge in [0.25, 0.3) is 0 Å². The Morgan fingerprint density at radius 2 is 2.18 bits per heavy atom. The Morgan fingerprint density at radius 3 is 2.88 bits per heavy atom. The molecule has 1 aromatic rings. The summed E-state index contributed by atoms with van der Waals surface area (Å²) in [6.45, 7) is 4.34. The van der Waals surface area contributed by atoms with Crippen molar-refractivity contribution in [3.63, 3.8) is 0 Å². The molecule has 2 rings (SSSR count). The van der Waals surface area contributed by atoms with E-state index in [-0.39, 0.29) is 0 Å². The predicted octanol–water partition coefficient (Wildman–Crippen LogP) is 1.63. The molecular formula is C12H19N3O2. The minimum Gasteiger partial charge on any atom is -0.477 e. The van der Waals surface area contributed by atoms with Gasteiger partial charge < -0.3 is 14.8 Å². The fourth-order valence-corrected chi connectivity index (χ4v) is 1.84. The Balaban J connectivity index is 1.91. The van der Waals surface area contributed by atoms with E-state index in [1.807, 2.05) is 13.0 Å². The zero-order valence-corrected chi connectivity index (χ0v) is 10.4. The molecule has 0 amide bonds. The molecule has 0 spiro atoms. The standard InChI is InChI=1S/C12H19N3O2/c1-9-7-11(15-12(13-2)14-9)17-8-10-3-5-16-6-4-10/h7,10H,3-6,8H2,1-2H3,(H,13,14,15). The van der Waals surface area contributed by atoms with Gasteiger partial charge in [-0.1, -0.05) is 0 Å². The second kappa shape index (κ2) is 5.82. The second-order valence-electron chi connectivity index (χ2n) is 4.29.